The summed E-state index contributed by atoms with van der Waals surface area (Å²) in [5, 5.41) is 7.36. The second kappa shape index (κ2) is 6.39. The number of nitrogens with zero attached hydrogens (tertiary/aromatic N) is 3. The number of likely N-dealkylation sites (tertiary alicyclic amines) is 1. The number of Topliss-reactive ketones (excluding diaryl/α,β-unsaturated/α-hetero) is 1. The van der Waals surface area contributed by atoms with Crippen molar-refractivity contribution in [1.82, 2.24) is 20.0 Å². The number of hydrogen-bond donors (Lipinski definition) is 1. The quantitative estimate of drug-likeness (QED) is 0.838. The summed E-state index contributed by atoms with van der Waals surface area (Å²) in [5.74, 6) is -0.0541. The maximum Gasteiger partial charge on any atom is 0.242 e. The van der Waals surface area contributed by atoms with Gasteiger partial charge in [-0.05, 0) is 47.2 Å². The van der Waals surface area contributed by atoms with Crippen LogP contribution in [0.3, 0.4) is 0 Å². The summed E-state index contributed by atoms with van der Waals surface area (Å²) in [6, 6.07) is 0.209. The maximum atomic E-state index is 12.2. The summed E-state index contributed by atoms with van der Waals surface area (Å²) in [4.78, 5) is 26.0. The predicted octanol–water partition coefficient (Wildman–Crippen LogP) is 0.913. The molecule has 1 saturated heterocycles. The fourth-order valence-electron chi connectivity index (χ4n) is 3.05. The fourth-order valence-corrected chi connectivity index (χ4v) is 3.05. The van der Waals surface area contributed by atoms with E-state index in [0.717, 1.165) is 31.6 Å². The highest BCUT2D eigenvalue weighted by molar-refractivity contribution is 5.96. The van der Waals surface area contributed by atoms with Gasteiger partial charge < -0.3 is 10.2 Å². The Morgan fingerprint density at radius 3 is 2.67 bits per heavy atom. The standard InChI is InChI=1S/C15H24N4O2/c1-10-15(12(3)20)11(2)19(17-10)9-14(21)16-13-6-5-7-18(4)8-13/h13H,5-9H2,1-4H3,(H,16,21)/t13-/m0/s1. The van der Waals surface area contributed by atoms with Crippen LogP contribution < -0.4 is 5.32 Å². The van der Waals surface area contributed by atoms with Crippen molar-refractivity contribution < 1.29 is 9.59 Å². The van der Waals surface area contributed by atoms with Crippen LogP contribution in [0.4, 0.5) is 0 Å². The molecule has 0 aromatic carbocycles. The number of ketones is 1. The van der Waals surface area contributed by atoms with Gasteiger partial charge in [-0.3, -0.25) is 14.3 Å². The monoisotopic (exact) mass is 292 g/mol. The van der Waals surface area contributed by atoms with Gasteiger partial charge in [0.05, 0.1) is 11.3 Å². The molecular formula is C15H24N4O2. The molecule has 1 aliphatic rings. The minimum absolute atomic E-state index is 0.00874. The molecule has 1 aromatic rings. The summed E-state index contributed by atoms with van der Waals surface area (Å²) < 4.78 is 1.62. The van der Waals surface area contributed by atoms with Gasteiger partial charge in [0, 0.05) is 18.3 Å². The Balaban J connectivity index is 2.00. The molecule has 1 atom stereocenters. The first-order valence-corrected chi connectivity index (χ1v) is 7.41. The van der Waals surface area contributed by atoms with Crippen LogP contribution >= 0.6 is 0 Å². The Bertz CT molecular complexity index is 550. The third-order valence-electron chi connectivity index (χ3n) is 4.02. The summed E-state index contributed by atoms with van der Waals surface area (Å²) >= 11 is 0. The lowest BCUT2D eigenvalue weighted by Crippen LogP contribution is -2.47. The van der Waals surface area contributed by atoms with E-state index < -0.39 is 0 Å². The molecule has 6 nitrogen and oxygen atoms in total. The number of nitrogens with one attached hydrogen (secondary N) is 1. The van der Waals surface area contributed by atoms with Gasteiger partial charge in [-0.25, -0.2) is 0 Å². The molecule has 0 spiro atoms. The van der Waals surface area contributed by atoms with Gasteiger partial charge in [0.1, 0.15) is 6.54 Å². The second-order valence-electron chi connectivity index (χ2n) is 5.93. The summed E-state index contributed by atoms with van der Waals surface area (Å²) in [6.07, 6.45) is 2.13. The van der Waals surface area contributed by atoms with E-state index in [9.17, 15) is 9.59 Å². The van der Waals surface area contributed by atoms with E-state index in [1.54, 1.807) is 11.6 Å². The summed E-state index contributed by atoms with van der Waals surface area (Å²) in [6.45, 7) is 7.31. The van der Waals surface area contributed by atoms with Crippen molar-refractivity contribution in [1.29, 1.82) is 0 Å². The molecule has 1 aliphatic heterocycles. The fraction of sp³-hybridized carbons (Fsp3) is 0.667. The zero-order chi connectivity index (χ0) is 15.6. The van der Waals surface area contributed by atoms with Crippen molar-refractivity contribution in [2.24, 2.45) is 0 Å². The first-order valence-electron chi connectivity index (χ1n) is 7.41. The van der Waals surface area contributed by atoms with Crippen molar-refractivity contribution in [2.45, 2.75) is 46.2 Å². The van der Waals surface area contributed by atoms with Gasteiger partial charge in [0.2, 0.25) is 5.91 Å². The van der Waals surface area contributed by atoms with Crippen LogP contribution in [0.25, 0.3) is 0 Å². The lowest BCUT2D eigenvalue weighted by atomic mass is 10.1. The molecule has 2 heterocycles. The van der Waals surface area contributed by atoms with Crippen LogP contribution in [0.1, 0.15) is 41.5 Å². The maximum absolute atomic E-state index is 12.2. The lowest BCUT2D eigenvalue weighted by Gasteiger charge is -2.30. The largest absolute Gasteiger partial charge is 0.350 e. The Morgan fingerprint density at radius 1 is 1.38 bits per heavy atom. The highest BCUT2D eigenvalue weighted by Crippen LogP contribution is 2.14. The average molecular weight is 292 g/mol. The molecule has 2 rings (SSSR count). The second-order valence-corrected chi connectivity index (χ2v) is 5.93. The van der Waals surface area contributed by atoms with Crippen molar-refractivity contribution in [3.63, 3.8) is 0 Å². The number of hydrogen-bond acceptors (Lipinski definition) is 4. The van der Waals surface area contributed by atoms with Crippen LogP contribution in [0.5, 0.6) is 0 Å². The first-order chi connectivity index (χ1) is 9.88. The van der Waals surface area contributed by atoms with Crippen LogP contribution in [0.15, 0.2) is 0 Å². The molecule has 21 heavy (non-hydrogen) atoms. The van der Waals surface area contributed by atoms with E-state index in [1.807, 2.05) is 6.92 Å². The zero-order valence-electron chi connectivity index (χ0n) is 13.3. The minimum atomic E-state index is -0.0454. The van der Waals surface area contributed by atoms with Crippen LogP contribution in [0.2, 0.25) is 0 Å². The molecule has 0 saturated carbocycles. The molecule has 6 heteroatoms. The SMILES string of the molecule is CC(=O)c1c(C)nn(CC(=O)N[C@H]2CCCN(C)C2)c1C. The number of amides is 1. The molecule has 116 valence electrons. The highest BCUT2D eigenvalue weighted by atomic mass is 16.2. The lowest BCUT2D eigenvalue weighted by molar-refractivity contribution is -0.122. The Hall–Kier alpha value is -1.69. The number of carbonyl (C=O) groups is 2. The highest BCUT2D eigenvalue weighted by Gasteiger charge is 2.21. The van der Waals surface area contributed by atoms with Crippen LogP contribution in [0, 0.1) is 13.8 Å². The number of piperidine rings is 1. The van der Waals surface area contributed by atoms with Gasteiger partial charge in [-0.15, -0.1) is 0 Å². The van der Waals surface area contributed by atoms with Crippen molar-refractivity contribution >= 4 is 11.7 Å². The molecule has 0 bridgehead atoms. The Morgan fingerprint density at radius 2 is 2.10 bits per heavy atom. The van der Waals surface area contributed by atoms with Gasteiger partial charge in [-0.2, -0.15) is 5.10 Å². The molecule has 1 N–H and O–H groups in total. The third-order valence-corrected chi connectivity index (χ3v) is 4.02. The zero-order valence-corrected chi connectivity index (χ0v) is 13.3. The molecule has 1 aromatic heterocycles. The van der Waals surface area contributed by atoms with E-state index in [0.29, 0.717) is 11.3 Å². The Labute approximate surface area is 125 Å². The number of rotatable bonds is 4. The molecule has 0 aliphatic carbocycles. The van der Waals surface area contributed by atoms with Gasteiger partial charge >= 0.3 is 0 Å². The average Bonchev–Trinajstić information content (AvgIpc) is 2.64. The van der Waals surface area contributed by atoms with Crippen molar-refractivity contribution in [3.05, 3.63) is 17.0 Å². The summed E-state index contributed by atoms with van der Waals surface area (Å²) in [5.41, 5.74) is 2.07. The van der Waals surface area contributed by atoms with Gasteiger partial charge in [0.15, 0.2) is 5.78 Å². The molecular weight excluding hydrogens is 268 g/mol. The van der Waals surface area contributed by atoms with E-state index >= 15 is 0 Å². The summed E-state index contributed by atoms with van der Waals surface area (Å²) in [7, 11) is 2.07. The first kappa shape index (κ1) is 15.7. The normalized spacial score (nSPS) is 19.5. The van der Waals surface area contributed by atoms with E-state index in [1.165, 1.54) is 6.92 Å². The van der Waals surface area contributed by atoms with Gasteiger partial charge in [0.25, 0.3) is 0 Å². The van der Waals surface area contributed by atoms with Crippen molar-refractivity contribution in [3.8, 4) is 0 Å². The molecule has 0 unspecified atom stereocenters. The van der Waals surface area contributed by atoms with Crippen molar-refractivity contribution in [2.75, 3.05) is 20.1 Å². The molecule has 0 radical (unpaired) electrons. The van der Waals surface area contributed by atoms with E-state index in [4.69, 9.17) is 0 Å². The number of aryl methyl sites for hydroxylation is 1. The number of carbonyl (C=O) groups excluding carboxylic acids is 2. The topological polar surface area (TPSA) is 67.2 Å². The molecule has 1 amide bonds. The van der Waals surface area contributed by atoms with Gasteiger partial charge in [-0.1, -0.05) is 0 Å². The van der Waals surface area contributed by atoms with Crippen LogP contribution in [-0.4, -0.2) is 52.5 Å². The van der Waals surface area contributed by atoms with E-state index in [-0.39, 0.29) is 24.3 Å². The number of likely N-dealkylation sites (N-methyl/N-ethyl adjacent to an activating group) is 1. The van der Waals surface area contributed by atoms with Crippen LogP contribution in [-0.2, 0) is 11.3 Å². The molecule has 1 fully saturated rings. The smallest absolute Gasteiger partial charge is 0.242 e. The Kier molecular flexibility index (Phi) is 4.77. The van der Waals surface area contributed by atoms with E-state index in [2.05, 4.69) is 22.4 Å². The minimum Gasteiger partial charge on any atom is -0.350 e. The number of aromatic nitrogens is 2. The predicted molar refractivity (Wildman–Crippen MR) is 80.4 cm³/mol. The third kappa shape index (κ3) is 3.69.